The Hall–Kier alpha value is -1.32. The topological polar surface area (TPSA) is 52.6 Å². The van der Waals surface area contributed by atoms with Crippen molar-refractivity contribution in [3.63, 3.8) is 0 Å². The quantitative estimate of drug-likeness (QED) is 0.269. The maximum absolute atomic E-state index is 12.6. The molecule has 0 aromatic heterocycles. The summed E-state index contributed by atoms with van der Waals surface area (Å²) in [5, 5.41) is 0. The number of fused-ring (bicyclic) bond motifs is 7. The summed E-state index contributed by atoms with van der Waals surface area (Å²) in [4.78, 5) is 24.6. The van der Waals surface area contributed by atoms with Gasteiger partial charge in [-0.25, -0.2) is 0 Å². The molecule has 0 N–H and O–H groups in total. The zero-order valence-electron chi connectivity index (χ0n) is 25.9. The largest absolute Gasteiger partial charge is 0.462 e. The lowest BCUT2D eigenvalue weighted by molar-refractivity contribution is -0.234. The van der Waals surface area contributed by atoms with Crippen molar-refractivity contribution in [3.05, 3.63) is 11.6 Å². The molecule has 0 spiro atoms. The highest BCUT2D eigenvalue weighted by atomic mass is 16.5. The molecule has 5 aliphatic carbocycles. The maximum atomic E-state index is 12.6. The van der Waals surface area contributed by atoms with Gasteiger partial charge in [-0.05, 0) is 103 Å². The number of carbonyl (C=O) groups excluding carboxylic acids is 2. The van der Waals surface area contributed by atoms with Crippen LogP contribution in [0.4, 0.5) is 0 Å². The average molecular weight is 527 g/mol. The van der Waals surface area contributed by atoms with Crippen molar-refractivity contribution in [1.29, 1.82) is 0 Å². The average Bonchev–Trinajstić information content (AvgIpc) is 2.79. The van der Waals surface area contributed by atoms with Gasteiger partial charge < -0.3 is 9.47 Å². The first-order chi connectivity index (χ1) is 17.5. The lowest BCUT2D eigenvalue weighted by Crippen LogP contribution is -2.68. The Morgan fingerprint density at radius 3 is 2.11 bits per heavy atom. The van der Waals surface area contributed by atoms with Gasteiger partial charge in [-0.1, -0.05) is 61.0 Å². The highest BCUT2D eigenvalue weighted by molar-refractivity contribution is 5.67. The summed E-state index contributed by atoms with van der Waals surface area (Å²) in [6.45, 7) is 22.9. The Labute approximate surface area is 232 Å². The van der Waals surface area contributed by atoms with Crippen LogP contribution in [-0.4, -0.2) is 24.1 Å². The van der Waals surface area contributed by atoms with Crippen molar-refractivity contribution in [2.45, 2.75) is 133 Å². The fourth-order valence-corrected chi connectivity index (χ4v) is 11.6. The second-order valence-corrected chi connectivity index (χ2v) is 16.0. The van der Waals surface area contributed by atoms with Crippen molar-refractivity contribution >= 4 is 11.9 Å². The summed E-state index contributed by atoms with van der Waals surface area (Å²) in [6.07, 6.45) is 11.5. The van der Waals surface area contributed by atoms with Gasteiger partial charge in [-0.15, -0.1) is 0 Å². The summed E-state index contributed by atoms with van der Waals surface area (Å²) in [7, 11) is 0. The molecule has 0 bridgehead atoms. The smallest absolute Gasteiger partial charge is 0.303 e. The molecule has 4 fully saturated rings. The normalized spacial score (nSPS) is 51.3. The van der Waals surface area contributed by atoms with Crippen LogP contribution in [0.3, 0.4) is 0 Å². The standard InChI is InChI=1S/C34H54O4/c1-20-11-14-31(7)17-18-33(9)24(28(31)21(20)2)19-25(37-22(3)35)29-32(8)15-13-27(38-23(4)36)30(5,6)26(32)12-16-34(29,33)10/h19-21,25-29H,11-18H2,1-10H3/t20-,21+,25+,26+,27+,28+,29-,31-,32+,33-,34-/m1/s1. The Kier molecular flexibility index (Phi) is 6.56. The molecular weight excluding hydrogens is 472 g/mol. The number of esters is 2. The number of ether oxygens (including phenoxy) is 2. The molecule has 214 valence electrons. The minimum absolute atomic E-state index is 0.00449. The van der Waals surface area contributed by atoms with Gasteiger partial charge in [0.05, 0.1) is 0 Å². The molecular formula is C34H54O4. The van der Waals surface area contributed by atoms with E-state index in [1.165, 1.54) is 32.6 Å². The first-order valence-corrected chi connectivity index (χ1v) is 15.6. The van der Waals surface area contributed by atoms with Crippen LogP contribution < -0.4 is 0 Å². The van der Waals surface area contributed by atoms with Gasteiger partial charge in [0.15, 0.2) is 0 Å². The van der Waals surface area contributed by atoms with Crippen LogP contribution in [0.5, 0.6) is 0 Å². The van der Waals surface area contributed by atoms with Crippen LogP contribution in [0, 0.1) is 56.7 Å². The first kappa shape index (κ1) is 28.2. The van der Waals surface area contributed by atoms with Crippen molar-refractivity contribution in [3.8, 4) is 0 Å². The third kappa shape index (κ3) is 3.73. The molecule has 0 heterocycles. The fourth-order valence-electron chi connectivity index (χ4n) is 11.6. The van der Waals surface area contributed by atoms with E-state index >= 15 is 0 Å². The Morgan fingerprint density at radius 1 is 0.816 bits per heavy atom. The van der Waals surface area contributed by atoms with Gasteiger partial charge in [0.1, 0.15) is 12.2 Å². The summed E-state index contributed by atoms with van der Waals surface area (Å²) >= 11 is 0. The van der Waals surface area contributed by atoms with E-state index in [9.17, 15) is 9.59 Å². The third-order valence-corrected chi connectivity index (χ3v) is 13.9. The predicted molar refractivity (Wildman–Crippen MR) is 151 cm³/mol. The van der Waals surface area contributed by atoms with E-state index in [4.69, 9.17) is 9.47 Å². The van der Waals surface area contributed by atoms with E-state index in [0.29, 0.717) is 23.2 Å². The maximum Gasteiger partial charge on any atom is 0.303 e. The summed E-state index contributed by atoms with van der Waals surface area (Å²) < 4.78 is 12.3. The van der Waals surface area contributed by atoms with Crippen molar-refractivity contribution in [1.82, 2.24) is 0 Å². The summed E-state index contributed by atoms with van der Waals surface area (Å²) in [6, 6.07) is 0. The Balaban J connectivity index is 1.65. The van der Waals surface area contributed by atoms with Crippen LogP contribution in [0.1, 0.15) is 121 Å². The summed E-state index contributed by atoms with van der Waals surface area (Å²) in [5.41, 5.74) is 2.00. The highest BCUT2D eigenvalue weighted by Gasteiger charge is 2.70. The van der Waals surface area contributed by atoms with Gasteiger partial charge in [-0.2, -0.15) is 0 Å². The molecule has 0 amide bonds. The summed E-state index contributed by atoms with van der Waals surface area (Å²) in [5.74, 6) is 2.24. The lowest BCUT2D eigenvalue weighted by Gasteiger charge is -2.72. The molecule has 4 saturated carbocycles. The SMILES string of the molecule is CC(=O)O[C@H]1C=C2[C@@H]3[C@@H](C)[C@H](C)CC[C@]3(C)CC[C@@]2(C)[C@]2(C)CC[C@H]3C(C)(C)[C@@H](OC(C)=O)CC[C@]3(C)[C@@H]12. The minimum atomic E-state index is -0.193. The second-order valence-electron chi connectivity index (χ2n) is 16.0. The van der Waals surface area contributed by atoms with Crippen LogP contribution in [-0.2, 0) is 19.1 Å². The zero-order chi connectivity index (χ0) is 28.1. The van der Waals surface area contributed by atoms with Gasteiger partial charge in [0.2, 0.25) is 0 Å². The molecule has 4 heteroatoms. The lowest BCUT2D eigenvalue weighted by atomic mass is 9.33. The molecule has 5 aliphatic rings. The minimum Gasteiger partial charge on any atom is -0.462 e. The van der Waals surface area contributed by atoms with Gasteiger partial charge in [0, 0.05) is 25.2 Å². The van der Waals surface area contributed by atoms with E-state index in [2.05, 4.69) is 61.5 Å². The molecule has 0 aliphatic heterocycles. The number of carbonyl (C=O) groups is 2. The van der Waals surface area contributed by atoms with Gasteiger partial charge in [0.25, 0.3) is 0 Å². The Bertz CT molecular complexity index is 1030. The predicted octanol–water partition coefficient (Wildman–Crippen LogP) is 8.14. The first-order valence-electron chi connectivity index (χ1n) is 15.6. The molecule has 4 nitrogen and oxygen atoms in total. The van der Waals surface area contributed by atoms with E-state index in [1.54, 1.807) is 12.5 Å². The number of hydrogen-bond acceptors (Lipinski definition) is 4. The molecule has 0 unspecified atom stereocenters. The van der Waals surface area contributed by atoms with Gasteiger partial charge in [-0.3, -0.25) is 9.59 Å². The van der Waals surface area contributed by atoms with Crippen molar-refractivity contribution in [2.24, 2.45) is 56.7 Å². The van der Waals surface area contributed by atoms with E-state index in [0.717, 1.165) is 31.6 Å². The van der Waals surface area contributed by atoms with Crippen LogP contribution >= 0.6 is 0 Å². The monoisotopic (exact) mass is 526 g/mol. The van der Waals surface area contributed by atoms with E-state index in [-0.39, 0.29) is 51.7 Å². The zero-order valence-corrected chi connectivity index (χ0v) is 25.9. The molecule has 5 rings (SSSR count). The fraction of sp³-hybridized carbons (Fsp3) is 0.882. The molecule has 38 heavy (non-hydrogen) atoms. The highest BCUT2D eigenvalue weighted by Crippen LogP contribution is 2.76. The second kappa shape index (κ2) is 8.84. The van der Waals surface area contributed by atoms with Crippen LogP contribution in [0.15, 0.2) is 11.6 Å². The molecule has 0 radical (unpaired) electrons. The number of hydrogen-bond donors (Lipinski definition) is 0. The molecule has 0 aromatic carbocycles. The van der Waals surface area contributed by atoms with Gasteiger partial charge >= 0.3 is 11.9 Å². The molecule has 11 atom stereocenters. The van der Waals surface area contributed by atoms with Crippen LogP contribution in [0.2, 0.25) is 0 Å². The van der Waals surface area contributed by atoms with Crippen molar-refractivity contribution < 1.29 is 19.1 Å². The van der Waals surface area contributed by atoms with Crippen LogP contribution in [0.25, 0.3) is 0 Å². The number of rotatable bonds is 2. The number of allylic oxidation sites excluding steroid dienone is 1. The van der Waals surface area contributed by atoms with E-state index in [1.807, 2.05) is 0 Å². The third-order valence-electron chi connectivity index (χ3n) is 13.9. The molecule has 0 saturated heterocycles. The van der Waals surface area contributed by atoms with Crippen molar-refractivity contribution in [2.75, 3.05) is 0 Å². The molecule has 0 aromatic rings. The Morgan fingerprint density at radius 2 is 1.47 bits per heavy atom. The van der Waals surface area contributed by atoms with E-state index < -0.39 is 0 Å².